The van der Waals surface area contributed by atoms with Gasteiger partial charge in [-0.05, 0) is 49.0 Å². The van der Waals surface area contributed by atoms with Crippen molar-refractivity contribution < 1.29 is 18.0 Å². The van der Waals surface area contributed by atoms with E-state index in [0.29, 0.717) is 17.8 Å². The number of sulfonamides is 1. The Hall–Kier alpha value is -2.75. The van der Waals surface area contributed by atoms with Gasteiger partial charge in [0.25, 0.3) is 5.91 Å². The number of nitrogens with zero attached hydrogens (tertiary/aromatic N) is 2. The van der Waals surface area contributed by atoms with Gasteiger partial charge in [0.1, 0.15) is 0 Å². The third-order valence-corrected chi connectivity index (χ3v) is 6.06. The number of hydrogen-bond donors (Lipinski definition) is 2. The molecule has 2 aromatic rings. The van der Waals surface area contributed by atoms with Gasteiger partial charge in [-0.1, -0.05) is 12.1 Å². The molecule has 0 aliphatic rings. The molecule has 2 rings (SSSR count). The van der Waals surface area contributed by atoms with E-state index in [0.717, 1.165) is 9.87 Å². The van der Waals surface area contributed by atoms with Crippen LogP contribution in [-0.2, 0) is 21.4 Å². The van der Waals surface area contributed by atoms with Crippen molar-refractivity contribution in [2.45, 2.75) is 11.4 Å². The first-order valence-corrected chi connectivity index (χ1v) is 10.4. The maximum absolute atomic E-state index is 12.3. The van der Waals surface area contributed by atoms with Gasteiger partial charge in [0, 0.05) is 38.9 Å². The Kier molecular flexibility index (Phi) is 7.49. The molecule has 2 amide bonds. The van der Waals surface area contributed by atoms with Gasteiger partial charge in [0.2, 0.25) is 15.9 Å². The molecule has 0 radical (unpaired) electrons. The van der Waals surface area contributed by atoms with Crippen LogP contribution in [0.5, 0.6) is 0 Å². The number of rotatable bonds is 8. The van der Waals surface area contributed by atoms with Crippen molar-refractivity contribution in [2.75, 3.05) is 40.1 Å². The fourth-order valence-corrected chi connectivity index (χ4v) is 3.54. The number of nitrogens with one attached hydrogen (secondary N) is 2. The molecule has 0 spiro atoms. The van der Waals surface area contributed by atoms with Crippen molar-refractivity contribution >= 4 is 27.5 Å². The van der Waals surface area contributed by atoms with Crippen molar-refractivity contribution in [1.29, 1.82) is 0 Å². The van der Waals surface area contributed by atoms with Crippen LogP contribution >= 0.6 is 0 Å². The SMILES string of the molecule is CNC(=O)c1ccc(CN(C)CC(=O)Nc2ccc(S(=O)(=O)N(C)C)cc2)cc1. The molecule has 0 bridgehead atoms. The highest BCUT2D eigenvalue weighted by Gasteiger charge is 2.17. The van der Waals surface area contributed by atoms with E-state index in [9.17, 15) is 18.0 Å². The van der Waals surface area contributed by atoms with E-state index in [2.05, 4.69) is 10.6 Å². The summed E-state index contributed by atoms with van der Waals surface area (Å²) < 4.78 is 25.3. The van der Waals surface area contributed by atoms with Crippen LogP contribution in [0.4, 0.5) is 5.69 Å². The fourth-order valence-electron chi connectivity index (χ4n) is 2.64. The summed E-state index contributed by atoms with van der Waals surface area (Å²) in [6, 6.07) is 13.2. The molecule has 2 aromatic carbocycles. The van der Waals surface area contributed by atoms with E-state index in [1.807, 2.05) is 24.1 Å². The quantitative estimate of drug-likeness (QED) is 0.675. The first-order valence-electron chi connectivity index (χ1n) is 8.95. The molecule has 9 heteroatoms. The van der Waals surface area contributed by atoms with Crippen LogP contribution in [0.1, 0.15) is 15.9 Å². The molecule has 0 heterocycles. The zero-order chi connectivity index (χ0) is 21.6. The molecule has 0 atom stereocenters. The molecule has 8 nitrogen and oxygen atoms in total. The summed E-state index contributed by atoms with van der Waals surface area (Å²) in [6.07, 6.45) is 0. The number of amides is 2. The topological polar surface area (TPSA) is 98.8 Å². The standard InChI is InChI=1S/C20H26N4O4S/c1-21-20(26)16-7-5-15(6-8-16)13-24(4)14-19(25)22-17-9-11-18(12-10-17)29(27,28)23(2)3/h5-12H,13-14H2,1-4H3,(H,21,26)(H,22,25). The summed E-state index contributed by atoms with van der Waals surface area (Å²) in [5, 5.41) is 5.33. The van der Waals surface area contributed by atoms with Gasteiger partial charge < -0.3 is 10.6 Å². The lowest BCUT2D eigenvalue weighted by atomic mass is 10.1. The zero-order valence-electron chi connectivity index (χ0n) is 17.0. The number of hydrogen-bond acceptors (Lipinski definition) is 5. The van der Waals surface area contributed by atoms with E-state index < -0.39 is 10.0 Å². The van der Waals surface area contributed by atoms with E-state index in [1.165, 1.54) is 26.2 Å². The average Bonchev–Trinajstić information content (AvgIpc) is 2.68. The number of anilines is 1. The first-order chi connectivity index (χ1) is 13.6. The van der Waals surface area contributed by atoms with Gasteiger partial charge in [-0.3, -0.25) is 14.5 Å². The molecule has 0 aliphatic carbocycles. The molecular weight excluding hydrogens is 392 g/mol. The zero-order valence-corrected chi connectivity index (χ0v) is 17.8. The molecule has 0 fully saturated rings. The Morgan fingerprint density at radius 1 is 0.931 bits per heavy atom. The van der Waals surface area contributed by atoms with Crippen molar-refractivity contribution in [3.05, 3.63) is 59.7 Å². The number of likely N-dealkylation sites (N-methyl/N-ethyl adjacent to an activating group) is 1. The van der Waals surface area contributed by atoms with E-state index >= 15 is 0 Å². The van der Waals surface area contributed by atoms with Gasteiger partial charge in [-0.2, -0.15) is 0 Å². The normalized spacial score (nSPS) is 11.5. The predicted molar refractivity (Wildman–Crippen MR) is 112 cm³/mol. The largest absolute Gasteiger partial charge is 0.355 e. The van der Waals surface area contributed by atoms with Crippen LogP contribution in [0, 0.1) is 0 Å². The van der Waals surface area contributed by atoms with Gasteiger partial charge >= 0.3 is 0 Å². The fraction of sp³-hybridized carbons (Fsp3) is 0.300. The van der Waals surface area contributed by atoms with Crippen LogP contribution in [0.3, 0.4) is 0 Å². The second kappa shape index (κ2) is 9.64. The number of carbonyl (C=O) groups excluding carboxylic acids is 2. The van der Waals surface area contributed by atoms with Gasteiger partial charge in [0.05, 0.1) is 11.4 Å². The summed E-state index contributed by atoms with van der Waals surface area (Å²) in [5.41, 5.74) is 2.08. The van der Waals surface area contributed by atoms with Crippen molar-refractivity contribution in [2.24, 2.45) is 0 Å². The van der Waals surface area contributed by atoms with E-state index in [-0.39, 0.29) is 23.3 Å². The second-order valence-electron chi connectivity index (χ2n) is 6.81. The molecule has 2 N–H and O–H groups in total. The predicted octanol–water partition coefficient (Wildman–Crippen LogP) is 1.37. The Bertz CT molecular complexity index is 955. The Balaban J connectivity index is 1.91. The Morgan fingerprint density at radius 2 is 1.52 bits per heavy atom. The molecular formula is C20H26N4O4S. The molecule has 156 valence electrons. The summed E-state index contributed by atoms with van der Waals surface area (Å²) in [7, 11) is 2.83. The Labute approximate surface area is 171 Å². The minimum atomic E-state index is -3.50. The minimum absolute atomic E-state index is 0.145. The summed E-state index contributed by atoms with van der Waals surface area (Å²) in [5.74, 6) is -0.355. The average molecular weight is 419 g/mol. The van der Waals surface area contributed by atoms with E-state index in [4.69, 9.17) is 0 Å². The lowest BCUT2D eigenvalue weighted by Gasteiger charge is -2.17. The van der Waals surface area contributed by atoms with Gasteiger partial charge in [0.15, 0.2) is 0 Å². The molecule has 0 aliphatic heterocycles. The number of carbonyl (C=O) groups is 2. The van der Waals surface area contributed by atoms with Crippen molar-refractivity contribution in [1.82, 2.24) is 14.5 Å². The third-order valence-electron chi connectivity index (χ3n) is 4.23. The first kappa shape index (κ1) is 22.5. The van der Waals surface area contributed by atoms with Gasteiger partial charge in [-0.25, -0.2) is 12.7 Å². The molecule has 0 saturated heterocycles. The van der Waals surface area contributed by atoms with Crippen LogP contribution in [-0.4, -0.2) is 64.2 Å². The summed E-state index contributed by atoms with van der Waals surface area (Å²) in [6.45, 7) is 0.705. The van der Waals surface area contributed by atoms with Crippen LogP contribution in [0.15, 0.2) is 53.4 Å². The van der Waals surface area contributed by atoms with Crippen LogP contribution < -0.4 is 10.6 Å². The monoisotopic (exact) mass is 418 g/mol. The lowest BCUT2D eigenvalue weighted by Crippen LogP contribution is -2.30. The lowest BCUT2D eigenvalue weighted by molar-refractivity contribution is -0.117. The molecule has 0 unspecified atom stereocenters. The highest BCUT2D eigenvalue weighted by atomic mass is 32.2. The highest BCUT2D eigenvalue weighted by Crippen LogP contribution is 2.16. The highest BCUT2D eigenvalue weighted by molar-refractivity contribution is 7.89. The summed E-state index contributed by atoms with van der Waals surface area (Å²) >= 11 is 0. The maximum Gasteiger partial charge on any atom is 0.251 e. The second-order valence-corrected chi connectivity index (χ2v) is 8.96. The molecule has 0 aromatic heterocycles. The van der Waals surface area contributed by atoms with Crippen molar-refractivity contribution in [3.8, 4) is 0 Å². The third kappa shape index (κ3) is 6.11. The van der Waals surface area contributed by atoms with Crippen LogP contribution in [0.25, 0.3) is 0 Å². The molecule has 0 saturated carbocycles. The summed E-state index contributed by atoms with van der Waals surface area (Å²) in [4.78, 5) is 25.8. The van der Waals surface area contributed by atoms with Gasteiger partial charge in [-0.15, -0.1) is 0 Å². The maximum atomic E-state index is 12.3. The minimum Gasteiger partial charge on any atom is -0.355 e. The number of benzene rings is 2. The van der Waals surface area contributed by atoms with Crippen molar-refractivity contribution in [3.63, 3.8) is 0 Å². The van der Waals surface area contributed by atoms with E-state index in [1.54, 1.807) is 31.3 Å². The molecule has 29 heavy (non-hydrogen) atoms. The Morgan fingerprint density at radius 3 is 2.03 bits per heavy atom. The van der Waals surface area contributed by atoms with Crippen LogP contribution in [0.2, 0.25) is 0 Å². The smallest absolute Gasteiger partial charge is 0.251 e.